The molecule has 1 heterocycles. The van der Waals surface area contributed by atoms with E-state index < -0.39 is 0 Å². The SMILES string of the molecule is C/C=C/c1ccc(OCC(=O)Nc2ccnn2Cc2cccc(Cl)c2)c(OC)c1. The number of rotatable bonds is 8. The molecule has 6 nitrogen and oxygen atoms in total. The molecule has 2 aromatic carbocycles. The van der Waals surface area contributed by atoms with Crippen LogP contribution in [0.3, 0.4) is 0 Å². The predicted octanol–water partition coefficient (Wildman–Crippen LogP) is 4.64. The van der Waals surface area contributed by atoms with Gasteiger partial charge >= 0.3 is 0 Å². The fourth-order valence-corrected chi connectivity index (χ4v) is 3.01. The summed E-state index contributed by atoms with van der Waals surface area (Å²) < 4.78 is 12.7. The molecule has 7 heteroatoms. The second-order valence-corrected chi connectivity index (χ2v) is 6.69. The van der Waals surface area contributed by atoms with Crippen LogP contribution in [-0.2, 0) is 11.3 Å². The molecule has 0 bridgehead atoms. The van der Waals surface area contributed by atoms with Crippen LogP contribution in [0.25, 0.3) is 6.08 Å². The fourth-order valence-electron chi connectivity index (χ4n) is 2.79. The Morgan fingerprint density at radius 3 is 2.83 bits per heavy atom. The predicted molar refractivity (Wildman–Crippen MR) is 115 cm³/mol. The number of hydrogen-bond donors (Lipinski definition) is 1. The Balaban J connectivity index is 1.61. The number of nitrogens with zero attached hydrogens (tertiary/aromatic N) is 2. The van der Waals surface area contributed by atoms with Gasteiger partial charge in [-0.25, -0.2) is 4.68 Å². The van der Waals surface area contributed by atoms with Gasteiger partial charge in [-0.1, -0.05) is 42.0 Å². The summed E-state index contributed by atoms with van der Waals surface area (Å²) in [4.78, 5) is 12.4. The number of hydrogen-bond acceptors (Lipinski definition) is 4. The number of allylic oxidation sites excluding steroid dienone is 1. The van der Waals surface area contributed by atoms with E-state index in [0.29, 0.717) is 28.9 Å². The van der Waals surface area contributed by atoms with Crippen molar-refractivity contribution < 1.29 is 14.3 Å². The number of aromatic nitrogens is 2. The van der Waals surface area contributed by atoms with E-state index in [0.717, 1.165) is 11.1 Å². The van der Waals surface area contributed by atoms with Gasteiger partial charge in [0.25, 0.3) is 5.91 Å². The number of methoxy groups -OCH3 is 1. The standard InChI is InChI=1S/C22H22ClN3O3/c1-3-5-16-8-9-19(20(13-16)28-2)29-15-22(27)25-21-10-11-24-26(21)14-17-6-4-7-18(23)12-17/h3-13H,14-15H2,1-2H3,(H,25,27)/b5-3+. The summed E-state index contributed by atoms with van der Waals surface area (Å²) in [6.45, 7) is 2.28. The molecule has 0 saturated heterocycles. The Kier molecular flexibility index (Phi) is 6.92. The quantitative estimate of drug-likeness (QED) is 0.586. The minimum absolute atomic E-state index is 0.151. The van der Waals surface area contributed by atoms with Crippen LogP contribution in [0.2, 0.25) is 5.02 Å². The van der Waals surface area contributed by atoms with Crippen LogP contribution in [0, 0.1) is 0 Å². The smallest absolute Gasteiger partial charge is 0.263 e. The Morgan fingerprint density at radius 2 is 2.07 bits per heavy atom. The molecule has 0 saturated carbocycles. The van der Waals surface area contributed by atoms with Gasteiger partial charge in [-0.3, -0.25) is 4.79 Å². The Morgan fingerprint density at radius 1 is 1.21 bits per heavy atom. The van der Waals surface area contributed by atoms with Crippen molar-refractivity contribution in [2.24, 2.45) is 0 Å². The van der Waals surface area contributed by atoms with E-state index in [4.69, 9.17) is 21.1 Å². The molecule has 0 atom stereocenters. The molecule has 3 rings (SSSR count). The van der Waals surface area contributed by atoms with Gasteiger partial charge in [0, 0.05) is 11.1 Å². The number of benzene rings is 2. The van der Waals surface area contributed by atoms with E-state index in [-0.39, 0.29) is 12.5 Å². The minimum Gasteiger partial charge on any atom is -0.493 e. The second kappa shape index (κ2) is 9.80. The monoisotopic (exact) mass is 411 g/mol. The molecule has 0 radical (unpaired) electrons. The van der Waals surface area contributed by atoms with Gasteiger partial charge in [-0.2, -0.15) is 5.10 Å². The first kappa shape index (κ1) is 20.5. The number of carbonyl (C=O) groups excluding carboxylic acids is 1. The maximum Gasteiger partial charge on any atom is 0.263 e. The lowest BCUT2D eigenvalue weighted by Crippen LogP contribution is -2.22. The van der Waals surface area contributed by atoms with Crippen molar-refractivity contribution in [1.29, 1.82) is 0 Å². The molecule has 1 N–H and O–H groups in total. The summed E-state index contributed by atoms with van der Waals surface area (Å²) in [5.41, 5.74) is 1.98. The van der Waals surface area contributed by atoms with E-state index in [2.05, 4.69) is 10.4 Å². The number of ether oxygens (including phenoxy) is 2. The Bertz CT molecular complexity index is 1010. The van der Waals surface area contributed by atoms with Crippen molar-refractivity contribution in [3.8, 4) is 11.5 Å². The summed E-state index contributed by atoms with van der Waals surface area (Å²) in [6.07, 6.45) is 5.53. The van der Waals surface area contributed by atoms with Gasteiger partial charge in [0.2, 0.25) is 0 Å². The highest BCUT2D eigenvalue weighted by Crippen LogP contribution is 2.28. The van der Waals surface area contributed by atoms with Gasteiger partial charge in [-0.15, -0.1) is 0 Å². The van der Waals surface area contributed by atoms with Crippen molar-refractivity contribution in [2.45, 2.75) is 13.5 Å². The average Bonchev–Trinajstić information content (AvgIpc) is 3.13. The molecule has 3 aromatic rings. The summed E-state index contributed by atoms with van der Waals surface area (Å²) >= 11 is 6.03. The van der Waals surface area contributed by atoms with Gasteiger partial charge in [0.1, 0.15) is 5.82 Å². The summed E-state index contributed by atoms with van der Waals surface area (Å²) in [5.74, 6) is 1.36. The number of nitrogens with one attached hydrogen (secondary N) is 1. The van der Waals surface area contributed by atoms with Crippen LogP contribution in [0.5, 0.6) is 11.5 Å². The summed E-state index contributed by atoms with van der Waals surface area (Å²) in [7, 11) is 1.57. The highest BCUT2D eigenvalue weighted by molar-refractivity contribution is 6.30. The first-order chi connectivity index (χ1) is 14.1. The number of halogens is 1. The zero-order chi connectivity index (χ0) is 20.6. The minimum atomic E-state index is -0.294. The Hall–Kier alpha value is -3.25. The lowest BCUT2D eigenvalue weighted by atomic mass is 10.2. The van der Waals surface area contributed by atoms with Crippen LogP contribution in [0.1, 0.15) is 18.1 Å². The largest absolute Gasteiger partial charge is 0.493 e. The van der Waals surface area contributed by atoms with E-state index >= 15 is 0 Å². The van der Waals surface area contributed by atoms with Crippen molar-refractivity contribution >= 4 is 29.4 Å². The third kappa shape index (κ3) is 5.62. The highest BCUT2D eigenvalue weighted by Gasteiger charge is 2.11. The van der Waals surface area contributed by atoms with Crippen LogP contribution in [0.4, 0.5) is 5.82 Å². The van der Waals surface area contributed by atoms with Gasteiger partial charge in [0.05, 0.1) is 19.9 Å². The van der Waals surface area contributed by atoms with Crippen LogP contribution in [-0.4, -0.2) is 29.4 Å². The molecular weight excluding hydrogens is 390 g/mol. The zero-order valence-electron chi connectivity index (χ0n) is 16.3. The third-order valence-electron chi connectivity index (χ3n) is 4.11. The number of anilines is 1. The van der Waals surface area contributed by atoms with Crippen molar-refractivity contribution in [1.82, 2.24) is 9.78 Å². The molecule has 0 spiro atoms. The molecule has 150 valence electrons. The number of carbonyl (C=O) groups is 1. The van der Waals surface area contributed by atoms with Crippen molar-refractivity contribution in [3.05, 3.63) is 77.0 Å². The second-order valence-electron chi connectivity index (χ2n) is 6.25. The topological polar surface area (TPSA) is 65.4 Å². The van der Waals surface area contributed by atoms with E-state index in [1.165, 1.54) is 0 Å². The molecule has 1 aromatic heterocycles. The molecule has 0 aliphatic carbocycles. The lowest BCUT2D eigenvalue weighted by molar-refractivity contribution is -0.118. The van der Waals surface area contributed by atoms with Gasteiger partial charge in [0.15, 0.2) is 18.1 Å². The van der Waals surface area contributed by atoms with Crippen LogP contribution in [0.15, 0.2) is 60.8 Å². The van der Waals surface area contributed by atoms with E-state index in [9.17, 15) is 4.79 Å². The van der Waals surface area contributed by atoms with Crippen molar-refractivity contribution in [2.75, 3.05) is 19.0 Å². The van der Waals surface area contributed by atoms with Gasteiger partial charge < -0.3 is 14.8 Å². The lowest BCUT2D eigenvalue weighted by Gasteiger charge is -2.12. The Labute approximate surface area is 174 Å². The molecule has 0 unspecified atom stereocenters. The van der Waals surface area contributed by atoms with Crippen LogP contribution >= 0.6 is 11.6 Å². The van der Waals surface area contributed by atoms with E-state index in [1.807, 2.05) is 55.5 Å². The summed E-state index contributed by atoms with van der Waals surface area (Å²) in [6, 6.07) is 14.8. The summed E-state index contributed by atoms with van der Waals surface area (Å²) in [5, 5.41) is 7.73. The fraction of sp³-hybridized carbons (Fsp3) is 0.182. The molecule has 1 amide bonds. The molecule has 29 heavy (non-hydrogen) atoms. The first-order valence-electron chi connectivity index (χ1n) is 9.08. The average molecular weight is 412 g/mol. The normalized spacial score (nSPS) is 10.9. The van der Waals surface area contributed by atoms with Crippen LogP contribution < -0.4 is 14.8 Å². The molecular formula is C22H22ClN3O3. The molecule has 0 aliphatic heterocycles. The maximum absolute atomic E-state index is 12.4. The zero-order valence-corrected chi connectivity index (χ0v) is 17.0. The third-order valence-corrected chi connectivity index (χ3v) is 4.35. The molecule has 0 fully saturated rings. The molecule has 0 aliphatic rings. The maximum atomic E-state index is 12.4. The highest BCUT2D eigenvalue weighted by atomic mass is 35.5. The number of amides is 1. The van der Waals surface area contributed by atoms with Gasteiger partial charge in [-0.05, 0) is 42.3 Å². The first-order valence-corrected chi connectivity index (χ1v) is 9.46. The van der Waals surface area contributed by atoms with Crippen molar-refractivity contribution in [3.63, 3.8) is 0 Å². The van der Waals surface area contributed by atoms with E-state index in [1.54, 1.807) is 30.1 Å².